The minimum atomic E-state index is 0.314. The fourth-order valence-electron chi connectivity index (χ4n) is 7.06. The van der Waals surface area contributed by atoms with E-state index in [2.05, 4.69) is 41.7 Å². The second kappa shape index (κ2) is 8.24. The van der Waals surface area contributed by atoms with E-state index in [1.165, 1.54) is 54.9 Å². The number of fused-ring (bicyclic) bond motifs is 1. The lowest BCUT2D eigenvalue weighted by Gasteiger charge is -2.57. The molecule has 4 heteroatoms. The predicted octanol–water partition coefficient (Wildman–Crippen LogP) is 7.78. The van der Waals surface area contributed by atoms with Crippen molar-refractivity contribution in [2.24, 2.45) is 17.8 Å². The number of nitrogens with one attached hydrogen (secondary N) is 1. The van der Waals surface area contributed by atoms with Gasteiger partial charge in [0.25, 0.3) is 0 Å². The van der Waals surface area contributed by atoms with Crippen molar-refractivity contribution in [1.29, 1.82) is 0 Å². The minimum absolute atomic E-state index is 0.314. The molecule has 0 heterocycles. The maximum atomic E-state index is 6.39. The lowest BCUT2D eigenvalue weighted by Crippen LogP contribution is -2.58. The summed E-state index contributed by atoms with van der Waals surface area (Å²) in [5.74, 6) is 3.70. The fraction of sp³-hybridized carbons (Fsp3) is 0.429. The summed E-state index contributed by atoms with van der Waals surface area (Å²) in [7, 11) is 0. The Morgan fingerprint density at radius 2 is 1.44 bits per heavy atom. The van der Waals surface area contributed by atoms with E-state index in [4.69, 9.17) is 27.9 Å². The molecule has 0 aromatic heterocycles. The molecule has 4 saturated carbocycles. The Hall–Kier alpha value is -1.74. The van der Waals surface area contributed by atoms with Crippen LogP contribution in [0.4, 0.5) is 0 Å². The van der Waals surface area contributed by atoms with Crippen LogP contribution in [0.15, 0.2) is 54.6 Å². The average Bonchev–Trinajstić information content (AvgIpc) is 2.77. The number of halogens is 2. The molecule has 0 spiro atoms. The van der Waals surface area contributed by atoms with E-state index in [9.17, 15) is 0 Å². The summed E-state index contributed by atoms with van der Waals surface area (Å²) in [5, 5.41) is 7.86. The van der Waals surface area contributed by atoms with Crippen LogP contribution in [0.2, 0.25) is 10.0 Å². The van der Waals surface area contributed by atoms with Gasteiger partial charge in [-0.2, -0.15) is 0 Å². The molecular weight excluding hydrogens is 437 g/mol. The van der Waals surface area contributed by atoms with Gasteiger partial charge in [0.15, 0.2) is 0 Å². The number of rotatable bonds is 6. The number of hydrogen-bond donors (Lipinski definition) is 1. The van der Waals surface area contributed by atoms with Crippen LogP contribution in [0.3, 0.4) is 0 Å². The maximum Gasteiger partial charge on any atom is 0.124 e. The molecule has 2 nitrogen and oxygen atoms in total. The van der Waals surface area contributed by atoms with Gasteiger partial charge in [-0.15, -0.1) is 0 Å². The van der Waals surface area contributed by atoms with E-state index in [1.54, 1.807) is 0 Å². The molecule has 4 aliphatic carbocycles. The van der Waals surface area contributed by atoms with E-state index in [0.29, 0.717) is 22.2 Å². The van der Waals surface area contributed by atoms with E-state index in [0.717, 1.165) is 35.6 Å². The normalized spacial score (nSPS) is 28.4. The van der Waals surface area contributed by atoms with Gasteiger partial charge in [-0.1, -0.05) is 59.6 Å². The third-order valence-electron chi connectivity index (χ3n) is 8.11. The molecule has 4 fully saturated rings. The van der Waals surface area contributed by atoms with Crippen LogP contribution in [-0.2, 0) is 13.2 Å². The smallest absolute Gasteiger partial charge is 0.124 e. The van der Waals surface area contributed by atoms with Crippen molar-refractivity contribution < 1.29 is 4.74 Å². The van der Waals surface area contributed by atoms with Gasteiger partial charge in [0, 0.05) is 33.3 Å². The van der Waals surface area contributed by atoms with Gasteiger partial charge in [-0.3, -0.25) is 0 Å². The summed E-state index contributed by atoms with van der Waals surface area (Å²) in [6, 6.07) is 18.4. The van der Waals surface area contributed by atoms with Crippen LogP contribution >= 0.6 is 23.2 Å². The standard InChI is InChI=1S/C28H29Cl2NO/c29-25-6-3-7-26(30)24(25)17-32-27-9-8-21-4-1-2-5-22(21)23(27)16-31-28-13-18-10-19(14-28)12-20(11-18)15-28/h1-9,18-20,31H,10-17H2. The van der Waals surface area contributed by atoms with Crippen LogP contribution in [0.25, 0.3) is 10.8 Å². The van der Waals surface area contributed by atoms with Gasteiger partial charge in [-0.25, -0.2) is 0 Å². The van der Waals surface area contributed by atoms with Crippen LogP contribution in [0.5, 0.6) is 5.75 Å². The third-order valence-corrected chi connectivity index (χ3v) is 8.82. The lowest BCUT2D eigenvalue weighted by atomic mass is 9.53. The predicted molar refractivity (Wildman–Crippen MR) is 132 cm³/mol. The van der Waals surface area contributed by atoms with E-state index < -0.39 is 0 Å². The molecule has 4 bridgehead atoms. The Morgan fingerprint density at radius 1 is 0.781 bits per heavy atom. The van der Waals surface area contributed by atoms with E-state index >= 15 is 0 Å². The molecule has 0 radical (unpaired) electrons. The molecular formula is C28H29Cl2NO. The Kier molecular flexibility index (Phi) is 5.36. The summed E-state index contributed by atoms with van der Waals surface area (Å²) < 4.78 is 6.36. The molecule has 1 N–H and O–H groups in total. The van der Waals surface area contributed by atoms with Gasteiger partial charge in [0.2, 0.25) is 0 Å². The highest BCUT2D eigenvalue weighted by atomic mass is 35.5. The molecule has 4 aliphatic rings. The Balaban J connectivity index is 1.29. The Labute approximate surface area is 200 Å². The molecule has 0 saturated heterocycles. The molecule has 0 atom stereocenters. The first kappa shape index (κ1) is 20.8. The molecule has 0 amide bonds. The van der Waals surface area contributed by atoms with Crippen molar-refractivity contribution in [2.45, 2.75) is 57.2 Å². The highest BCUT2D eigenvalue weighted by Gasteiger charge is 2.50. The Morgan fingerprint density at radius 3 is 2.12 bits per heavy atom. The van der Waals surface area contributed by atoms with Crippen molar-refractivity contribution in [3.63, 3.8) is 0 Å². The van der Waals surface area contributed by atoms with Crippen LogP contribution in [-0.4, -0.2) is 5.54 Å². The van der Waals surface area contributed by atoms with Crippen molar-refractivity contribution in [2.75, 3.05) is 0 Å². The molecule has 166 valence electrons. The topological polar surface area (TPSA) is 21.3 Å². The first-order chi connectivity index (χ1) is 15.6. The fourth-order valence-corrected chi connectivity index (χ4v) is 7.56. The quantitative estimate of drug-likeness (QED) is 0.400. The van der Waals surface area contributed by atoms with E-state index in [1.807, 2.05) is 18.2 Å². The van der Waals surface area contributed by atoms with Gasteiger partial charge in [-0.05, 0) is 85.3 Å². The first-order valence-corrected chi connectivity index (χ1v) is 12.7. The monoisotopic (exact) mass is 465 g/mol. The second-order valence-corrected chi connectivity index (χ2v) is 11.1. The zero-order chi connectivity index (χ0) is 21.7. The maximum absolute atomic E-state index is 6.39. The molecule has 0 aliphatic heterocycles. The zero-order valence-corrected chi connectivity index (χ0v) is 19.8. The van der Waals surface area contributed by atoms with Gasteiger partial charge in [0.1, 0.15) is 12.4 Å². The van der Waals surface area contributed by atoms with Crippen molar-refractivity contribution in [3.05, 3.63) is 75.8 Å². The third kappa shape index (κ3) is 3.81. The molecule has 32 heavy (non-hydrogen) atoms. The number of ether oxygens (including phenoxy) is 1. The number of hydrogen-bond acceptors (Lipinski definition) is 2. The molecule has 3 aromatic rings. The van der Waals surface area contributed by atoms with Gasteiger partial charge < -0.3 is 10.1 Å². The lowest BCUT2D eigenvalue weighted by molar-refractivity contribution is -0.0206. The second-order valence-electron chi connectivity index (χ2n) is 10.3. The SMILES string of the molecule is Clc1cccc(Cl)c1COc1ccc2ccccc2c1CNC12CC3CC(CC(C3)C1)C2. The van der Waals surface area contributed by atoms with Crippen molar-refractivity contribution >= 4 is 34.0 Å². The Bertz CT molecular complexity index is 1100. The molecule has 0 unspecified atom stereocenters. The molecule has 7 rings (SSSR count). The highest BCUT2D eigenvalue weighted by molar-refractivity contribution is 6.35. The van der Waals surface area contributed by atoms with E-state index in [-0.39, 0.29) is 0 Å². The first-order valence-electron chi connectivity index (χ1n) is 11.9. The van der Waals surface area contributed by atoms with Crippen LogP contribution in [0, 0.1) is 17.8 Å². The van der Waals surface area contributed by atoms with Gasteiger partial charge in [0.05, 0.1) is 0 Å². The van der Waals surface area contributed by atoms with Crippen molar-refractivity contribution in [1.82, 2.24) is 5.32 Å². The largest absolute Gasteiger partial charge is 0.488 e. The highest BCUT2D eigenvalue weighted by Crippen LogP contribution is 2.55. The zero-order valence-electron chi connectivity index (χ0n) is 18.2. The number of benzene rings is 3. The average molecular weight is 466 g/mol. The van der Waals surface area contributed by atoms with Crippen LogP contribution in [0.1, 0.15) is 49.7 Å². The summed E-state index contributed by atoms with van der Waals surface area (Å²) >= 11 is 12.8. The summed E-state index contributed by atoms with van der Waals surface area (Å²) in [4.78, 5) is 0. The van der Waals surface area contributed by atoms with Gasteiger partial charge >= 0.3 is 0 Å². The summed E-state index contributed by atoms with van der Waals surface area (Å²) in [6.45, 7) is 1.19. The summed E-state index contributed by atoms with van der Waals surface area (Å²) in [6.07, 6.45) is 8.41. The van der Waals surface area contributed by atoms with Crippen molar-refractivity contribution in [3.8, 4) is 5.75 Å². The van der Waals surface area contributed by atoms with Crippen LogP contribution < -0.4 is 10.1 Å². The minimum Gasteiger partial charge on any atom is -0.488 e. The molecule has 3 aromatic carbocycles. The summed E-state index contributed by atoms with van der Waals surface area (Å²) in [5.41, 5.74) is 2.39.